The van der Waals surface area contributed by atoms with E-state index in [0.29, 0.717) is 0 Å². The Labute approximate surface area is 70.5 Å². The second-order valence-corrected chi connectivity index (χ2v) is 0. The summed E-state index contributed by atoms with van der Waals surface area (Å²) in [5.41, 5.74) is 0. The molecule has 0 aliphatic carbocycles. The molecule has 0 atom stereocenters. The SMILES string of the molecule is [99Tc].[Fe+2].[Fe+2].[O-2].[O-2].[O-2]. The van der Waals surface area contributed by atoms with Crippen molar-refractivity contribution in [1.82, 2.24) is 0 Å². The predicted octanol–water partition coefficient (Wildman–Crippen LogP) is -0.364. The molecule has 0 saturated heterocycles. The van der Waals surface area contributed by atoms with Gasteiger partial charge in [0.25, 0.3) is 0 Å². The van der Waals surface area contributed by atoms with Crippen molar-refractivity contribution in [3.8, 4) is 0 Å². The van der Waals surface area contributed by atoms with Crippen LogP contribution in [0.5, 0.6) is 0 Å². The van der Waals surface area contributed by atoms with Crippen LogP contribution in [-0.2, 0) is 70.7 Å². The van der Waals surface area contributed by atoms with Crippen molar-refractivity contribution >= 4 is 0 Å². The zero-order valence-corrected chi connectivity index (χ0v) is 6.38. The summed E-state index contributed by atoms with van der Waals surface area (Å²) in [4.78, 5) is 0. The third kappa shape index (κ3) is 47.2. The monoisotopic (exact) mass is 259 g/mol. The molecule has 0 unspecified atom stereocenters. The first kappa shape index (κ1) is 133. The molecule has 0 aromatic carbocycles. The number of hydrogen-bond donors (Lipinski definition) is 0. The van der Waals surface area contributed by atoms with Gasteiger partial charge in [0.15, 0.2) is 0 Å². The van der Waals surface area contributed by atoms with Crippen molar-refractivity contribution in [3.05, 3.63) is 0 Å². The van der Waals surface area contributed by atoms with Gasteiger partial charge in [-0.05, 0) is 0 Å². The van der Waals surface area contributed by atoms with E-state index in [1.807, 2.05) is 0 Å². The van der Waals surface area contributed by atoms with Crippen LogP contribution in [0.4, 0.5) is 0 Å². The van der Waals surface area contributed by atoms with Gasteiger partial charge in [0, 0.05) is 20.1 Å². The Balaban J connectivity index is 0. The third-order valence-electron chi connectivity index (χ3n) is 0. The molecule has 6 heavy (non-hydrogen) atoms. The largest absolute Gasteiger partial charge is 2.00 e. The molecule has 0 aliphatic rings. The van der Waals surface area contributed by atoms with E-state index in [1.165, 1.54) is 0 Å². The second kappa shape index (κ2) is 82.8. The standard InChI is InChI=1S/2Fe.3O.Tc/q2*+2;3*-2;/i;;;;;1+1. The van der Waals surface area contributed by atoms with Gasteiger partial charge in [0.05, 0.1) is 0 Å². The molecule has 0 saturated carbocycles. The first-order valence-electron chi connectivity index (χ1n) is 0. The van der Waals surface area contributed by atoms with Gasteiger partial charge in [-0.3, -0.25) is 0 Å². The molecule has 6 heteroatoms. The van der Waals surface area contributed by atoms with Crippen molar-refractivity contribution in [2.75, 3.05) is 0 Å². The van der Waals surface area contributed by atoms with E-state index < -0.39 is 0 Å². The first-order chi connectivity index (χ1) is 0. The summed E-state index contributed by atoms with van der Waals surface area (Å²) in [6.45, 7) is 0. The normalized spacial score (nSPS) is 0. The smallest absolute Gasteiger partial charge is 2.00 e. The van der Waals surface area contributed by atoms with Gasteiger partial charge < -0.3 is 16.4 Å². The van der Waals surface area contributed by atoms with E-state index in [2.05, 4.69) is 0 Å². The minimum atomic E-state index is 0. The molecule has 0 N–H and O–H groups in total. The molecular formula is Fe2O3Tc-2. The van der Waals surface area contributed by atoms with Crippen LogP contribution in [-0.4, -0.2) is 0 Å². The molecule has 0 spiro atoms. The van der Waals surface area contributed by atoms with E-state index in [0.717, 1.165) is 0 Å². The molecule has 0 amide bonds. The number of hydrogen-bond acceptors (Lipinski definition) is 0. The van der Waals surface area contributed by atoms with Crippen LogP contribution in [0.3, 0.4) is 0 Å². The average molecular weight is 259 g/mol. The van der Waals surface area contributed by atoms with E-state index in [4.69, 9.17) is 0 Å². The molecule has 0 bridgehead atoms. The molecule has 0 rings (SSSR count). The zero-order chi connectivity index (χ0) is 0. The molecule has 1 radical (unpaired) electrons. The Bertz CT molecular complexity index is 8.75. The Morgan fingerprint density at radius 3 is 0.500 bits per heavy atom. The van der Waals surface area contributed by atoms with E-state index >= 15 is 0 Å². The van der Waals surface area contributed by atoms with Crippen molar-refractivity contribution in [2.45, 2.75) is 0 Å². The summed E-state index contributed by atoms with van der Waals surface area (Å²) < 4.78 is 0. The summed E-state index contributed by atoms with van der Waals surface area (Å²) in [6, 6.07) is 0. The van der Waals surface area contributed by atoms with E-state index in [9.17, 15) is 0 Å². The minimum Gasteiger partial charge on any atom is -2.00 e. The van der Waals surface area contributed by atoms with Crippen LogP contribution in [0, 0.1) is 0 Å². The van der Waals surface area contributed by atoms with Gasteiger partial charge in [-0.15, -0.1) is 0 Å². The Morgan fingerprint density at radius 2 is 0.500 bits per heavy atom. The molecule has 0 fully saturated rings. The van der Waals surface area contributed by atoms with Crippen molar-refractivity contribution < 1.29 is 70.7 Å². The Hall–Kier alpha value is 1.57. The predicted molar refractivity (Wildman–Crippen MR) is 2.06 cm³/mol. The van der Waals surface area contributed by atoms with Gasteiger partial charge in [-0.25, -0.2) is 0 Å². The zero-order valence-electron chi connectivity index (χ0n) is 2.31. The van der Waals surface area contributed by atoms with Crippen LogP contribution in [0.2, 0.25) is 0 Å². The topological polar surface area (TPSA) is 85.5 Å². The van der Waals surface area contributed by atoms with Gasteiger partial charge in [-0.1, -0.05) is 0 Å². The fourth-order valence-corrected chi connectivity index (χ4v) is 0. The Kier molecular flexibility index (Phi) is 1830. The summed E-state index contributed by atoms with van der Waals surface area (Å²) in [5, 5.41) is 0. The van der Waals surface area contributed by atoms with Crippen LogP contribution < -0.4 is 0 Å². The first-order valence-corrected chi connectivity index (χ1v) is 0. The maximum atomic E-state index is 0. The molecule has 0 heterocycles. The average Bonchev–Trinajstić information content (AvgIpc) is 0. The fraction of sp³-hybridized carbons (Fsp3) is 0. The van der Waals surface area contributed by atoms with Crippen LogP contribution >= 0.6 is 0 Å². The van der Waals surface area contributed by atoms with E-state index in [1.54, 1.807) is 0 Å². The summed E-state index contributed by atoms with van der Waals surface area (Å²) in [6.07, 6.45) is 0. The second-order valence-electron chi connectivity index (χ2n) is 0. The van der Waals surface area contributed by atoms with Crippen molar-refractivity contribution in [3.63, 3.8) is 0 Å². The molecule has 0 aliphatic heterocycles. The van der Waals surface area contributed by atoms with Gasteiger partial charge >= 0.3 is 34.1 Å². The van der Waals surface area contributed by atoms with Crippen molar-refractivity contribution in [2.24, 2.45) is 0 Å². The van der Waals surface area contributed by atoms with E-state index in [-0.39, 0.29) is 70.7 Å². The molecule has 0 aromatic heterocycles. The summed E-state index contributed by atoms with van der Waals surface area (Å²) in [7, 11) is 0. The van der Waals surface area contributed by atoms with Crippen LogP contribution in [0.25, 0.3) is 0 Å². The van der Waals surface area contributed by atoms with Crippen LogP contribution in [0.1, 0.15) is 0 Å². The van der Waals surface area contributed by atoms with Crippen molar-refractivity contribution in [1.29, 1.82) is 0 Å². The number of rotatable bonds is 0. The van der Waals surface area contributed by atoms with Gasteiger partial charge in [0.2, 0.25) is 0 Å². The van der Waals surface area contributed by atoms with Crippen LogP contribution in [0.15, 0.2) is 0 Å². The summed E-state index contributed by atoms with van der Waals surface area (Å²) in [5.74, 6) is 0. The quantitative estimate of drug-likeness (QED) is 0.531. The molecule has 43 valence electrons. The Morgan fingerprint density at radius 1 is 0.500 bits per heavy atom. The maximum Gasteiger partial charge on any atom is 2.00 e. The van der Waals surface area contributed by atoms with Gasteiger partial charge in [-0.2, -0.15) is 0 Å². The third-order valence-corrected chi connectivity index (χ3v) is 0. The minimum absolute atomic E-state index is 0. The molecule has 0 aromatic rings. The maximum absolute atomic E-state index is 0. The summed E-state index contributed by atoms with van der Waals surface area (Å²) >= 11 is 0. The fourth-order valence-electron chi connectivity index (χ4n) is 0. The molecular weight excluding hydrogens is 259 g/mol. The molecule has 3 nitrogen and oxygen atoms in total. The van der Waals surface area contributed by atoms with Gasteiger partial charge in [0.1, 0.15) is 0 Å².